The molecule has 6 heteroatoms. The fraction of sp³-hybridized carbons (Fsp3) is 0.611. The molecule has 0 radical (unpaired) electrons. The third-order valence-corrected chi connectivity index (χ3v) is 3.29. The van der Waals surface area contributed by atoms with Gasteiger partial charge in [-0.05, 0) is 31.0 Å². The van der Waals surface area contributed by atoms with Crippen LogP contribution >= 0.6 is 24.0 Å². The van der Waals surface area contributed by atoms with E-state index in [1.165, 1.54) is 19.3 Å². The molecule has 24 heavy (non-hydrogen) atoms. The Bertz CT molecular complexity index is 456. The molecule has 0 saturated carbocycles. The van der Waals surface area contributed by atoms with Crippen LogP contribution in [0.4, 0.5) is 0 Å². The molecule has 0 atom stereocenters. The number of nitrogens with one attached hydrogen (secondary N) is 2. The quantitative estimate of drug-likeness (QED) is 0.235. The zero-order valence-corrected chi connectivity index (χ0v) is 17.5. The minimum atomic E-state index is 0. The smallest absolute Gasteiger partial charge is 0.191 e. The first-order valence-electron chi connectivity index (χ1n) is 8.53. The van der Waals surface area contributed by atoms with Crippen molar-refractivity contribution in [1.82, 2.24) is 10.6 Å². The lowest BCUT2D eigenvalue weighted by atomic mass is 10.2. The Kier molecular flexibility index (Phi) is 14.8. The highest BCUT2D eigenvalue weighted by atomic mass is 127. The van der Waals surface area contributed by atoms with Crippen LogP contribution in [0.2, 0.25) is 0 Å². The Morgan fingerprint density at radius 1 is 1.12 bits per heavy atom. The van der Waals surface area contributed by atoms with Gasteiger partial charge in [-0.3, -0.25) is 0 Å². The number of rotatable bonds is 11. The Morgan fingerprint density at radius 2 is 1.96 bits per heavy atom. The molecule has 0 saturated heterocycles. The van der Waals surface area contributed by atoms with Gasteiger partial charge in [-0.2, -0.15) is 0 Å². The molecule has 0 unspecified atom stereocenters. The van der Waals surface area contributed by atoms with Crippen LogP contribution in [0.1, 0.15) is 38.7 Å². The first-order valence-corrected chi connectivity index (χ1v) is 8.53. The number of nitrogens with zero attached hydrogens (tertiary/aromatic N) is 1. The average Bonchev–Trinajstić information content (AvgIpc) is 2.57. The number of hydrogen-bond acceptors (Lipinski definition) is 3. The zero-order valence-electron chi connectivity index (χ0n) is 15.1. The van der Waals surface area contributed by atoms with Crippen LogP contribution in [0, 0.1) is 0 Å². The molecule has 5 nitrogen and oxygen atoms in total. The lowest BCUT2D eigenvalue weighted by molar-refractivity contribution is 0.146. The summed E-state index contributed by atoms with van der Waals surface area (Å²) in [6, 6.07) is 8.04. The van der Waals surface area contributed by atoms with Crippen molar-refractivity contribution < 1.29 is 9.47 Å². The monoisotopic (exact) mass is 449 g/mol. The van der Waals surface area contributed by atoms with Gasteiger partial charge in [0.2, 0.25) is 0 Å². The predicted molar refractivity (Wildman–Crippen MR) is 112 cm³/mol. The lowest BCUT2D eigenvalue weighted by Crippen LogP contribution is -2.37. The maximum atomic E-state index is 5.63. The van der Waals surface area contributed by atoms with Gasteiger partial charge in [-0.1, -0.05) is 31.9 Å². The van der Waals surface area contributed by atoms with Crippen LogP contribution in [-0.4, -0.2) is 39.4 Å². The van der Waals surface area contributed by atoms with Crippen molar-refractivity contribution in [1.29, 1.82) is 0 Å². The van der Waals surface area contributed by atoms with Gasteiger partial charge in [-0.15, -0.1) is 24.0 Å². The largest absolute Gasteiger partial charge is 0.491 e. The summed E-state index contributed by atoms with van der Waals surface area (Å²) in [6.07, 6.45) is 3.64. The molecular weight excluding hydrogens is 417 g/mol. The van der Waals surface area contributed by atoms with Crippen molar-refractivity contribution in [2.24, 2.45) is 4.99 Å². The zero-order chi connectivity index (χ0) is 16.8. The summed E-state index contributed by atoms with van der Waals surface area (Å²) < 4.78 is 10.6. The van der Waals surface area contributed by atoms with Crippen LogP contribution in [0.25, 0.3) is 0 Å². The van der Waals surface area contributed by atoms with Gasteiger partial charge in [0.15, 0.2) is 5.96 Å². The summed E-state index contributed by atoms with van der Waals surface area (Å²) in [4.78, 5) is 4.63. The van der Waals surface area contributed by atoms with Crippen molar-refractivity contribution in [3.05, 3.63) is 29.8 Å². The molecule has 0 aromatic heterocycles. The molecule has 0 bridgehead atoms. The average molecular weight is 449 g/mol. The van der Waals surface area contributed by atoms with E-state index in [-0.39, 0.29) is 24.0 Å². The van der Waals surface area contributed by atoms with E-state index >= 15 is 0 Å². The first kappa shape index (κ1) is 23.0. The molecule has 0 aliphatic carbocycles. The number of aliphatic imine (C=N–C) groups is 1. The Hall–Kier alpha value is -1.02. The van der Waals surface area contributed by atoms with Gasteiger partial charge in [0.1, 0.15) is 12.4 Å². The van der Waals surface area contributed by atoms with Gasteiger partial charge in [0.05, 0.1) is 13.2 Å². The Morgan fingerprint density at radius 3 is 2.67 bits per heavy atom. The fourth-order valence-corrected chi connectivity index (χ4v) is 2.07. The van der Waals surface area contributed by atoms with E-state index in [0.717, 1.165) is 30.4 Å². The molecule has 0 amide bonds. The third-order valence-electron chi connectivity index (χ3n) is 3.29. The van der Waals surface area contributed by atoms with Crippen LogP contribution < -0.4 is 15.4 Å². The standard InChI is InChI=1S/C18H31N3O2.HI/c1-4-6-7-11-20-18(19-5-2)21-15-16-9-8-10-17(14-16)23-13-12-22-3;/h8-10,14H,4-7,11-13,15H2,1-3H3,(H2,19,20,21);1H. The van der Waals surface area contributed by atoms with Gasteiger partial charge >= 0.3 is 0 Å². The minimum Gasteiger partial charge on any atom is -0.491 e. The molecule has 1 rings (SSSR count). The van der Waals surface area contributed by atoms with E-state index in [1.807, 2.05) is 18.2 Å². The summed E-state index contributed by atoms with van der Waals surface area (Å²) in [7, 11) is 1.67. The number of ether oxygens (including phenoxy) is 2. The van der Waals surface area contributed by atoms with Crippen LogP contribution in [0.3, 0.4) is 0 Å². The topological polar surface area (TPSA) is 54.9 Å². The number of hydrogen-bond donors (Lipinski definition) is 2. The molecule has 0 fully saturated rings. The maximum absolute atomic E-state index is 5.63. The first-order chi connectivity index (χ1) is 11.3. The normalized spacial score (nSPS) is 10.9. The maximum Gasteiger partial charge on any atom is 0.191 e. The summed E-state index contributed by atoms with van der Waals surface area (Å²) in [5.74, 6) is 1.73. The SMILES string of the molecule is CCCCCNC(=NCc1cccc(OCCOC)c1)NCC.I. The molecule has 138 valence electrons. The van der Waals surface area contributed by atoms with Gasteiger partial charge in [-0.25, -0.2) is 4.99 Å². The van der Waals surface area contributed by atoms with Crippen molar-refractivity contribution in [2.45, 2.75) is 39.7 Å². The summed E-state index contributed by atoms with van der Waals surface area (Å²) in [5, 5.41) is 6.65. The van der Waals surface area contributed by atoms with E-state index in [2.05, 4.69) is 35.5 Å². The van der Waals surface area contributed by atoms with Gasteiger partial charge in [0.25, 0.3) is 0 Å². The van der Waals surface area contributed by atoms with E-state index in [4.69, 9.17) is 9.47 Å². The van der Waals surface area contributed by atoms with Crippen molar-refractivity contribution in [3.63, 3.8) is 0 Å². The van der Waals surface area contributed by atoms with Crippen molar-refractivity contribution in [3.8, 4) is 5.75 Å². The molecule has 2 N–H and O–H groups in total. The van der Waals surface area contributed by atoms with E-state index in [1.54, 1.807) is 7.11 Å². The molecule has 0 aliphatic rings. The highest BCUT2D eigenvalue weighted by molar-refractivity contribution is 14.0. The summed E-state index contributed by atoms with van der Waals surface area (Å²) in [5.41, 5.74) is 1.13. The molecular formula is C18H32IN3O2. The third kappa shape index (κ3) is 10.7. The van der Waals surface area contributed by atoms with Gasteiger partial charge in [0, 0.05) is 20.2 Å². The van der Waals surface area contributed by atoms with Gasteiger partial charge < -0.3 is 20.1 Å². The number of benzene rings is 1. The van der Waals surface area contributed by atoms with Crippen molar-refractivity contribution >= 4 is 29.9 Å². The molecule has 1 aromatic rings. The van der Waals surface area contributed by atoms with Crippen LogP contribution in [0.5, 0.6) is 5.75 Å². The number of unbranched alkanes of at least 4 members (excludes halogenated alkanes) is 2. The van der Waals surface area contributed by atoms with Crippen LogP contribution in [0.15, 0.2) is 29.3 Å². The Balaban J connectivity index is 0.00000529. The summed E-state index contributed by atoms with van der Waals surface area (Å²) in [6.45, 7) is 7.89. The molecule has 1 aromatic carbocycles. The second kappa shape index (κ2) is 15.5. The highest BCUT2D eigenvalue weighted by Crippen LogP contribution is 2.14. The van der Waals surface area contributed by atoms with E-state index in [0.29, 0.717) is 19.8 Å². The lowest BCUT2D eigenvalue weighted by Gasteiger charge is -2.11. The van der Waals surface area contributed by atoms with Crippen molar-refractivity contribution in [2.75, 3.05) is 33.4 Å². The number of methoxy groups -OCH3 is 1. The van der Waals surface area contributed by atoms with Crippen LogP contribution in [-0.2, 0) is 11.3 Å². The molecule has 0 spiro atoms. The minimum absolute atomic E-state index is 0. The predicted octanol–water partition coefficient (Wildman–Crippen LogP) is 3.58. The highest BCUT2D eigenvalue weighted by Gasteiger charge is 1.99. The summed E-state index contributed by atoms with van der Waals surface area (Å²) >= 11 is 0. The molecule has 0 aliphatic heterocycles. The second-order valence-electron chi connectivity index (χ2n) is 5.32. The molecule has 0 heterocycles. The second-order valence-corrected chi connectivity index (χ2v) is 5.32. The fourth-order valence-electron chi connectivity index (χ4n) is 2.07. The van der Waals surface area contributed by atoms with E-state index in [9.17, 15) is 0 Å². The number of halogens is 1. The Labute approximate surface area is 163 Å². The van der Waals surface area contributed by atoms with E-state index < -0.39 is 0 Å². The number of guanidine groups is 1.